The molecule has 1 aromatic heterocycles. The van der Waals surface area contributed by atoms with E-state index in [0.29, 0.717) is 28.2 Å². The minimum absolute atomic E-state index is 0.0175. The molecule has 0 atom stereocenters. The van der Waals surface area contributed by atoms with Gasteiger partial charge in [-0.25, -0.2) is 4.39 Å². The van der Waals surface area contributed by atoms with E-state index in [9.17, 15) is 4.39 Å². The van der Waals surface area contributed by atoms with Crippen LogP contribution in [0.4, 0.5) is 4.39 Å². The fourth-order valence-electron chi connectivity index (χ4n) is 2.16. The van der Waals surface area contributed by atoms with E-state index in [1.165, 1.54) is 13.2 Å². The van der Waals surface area contributed by atoms with E-state index < -0.39 is 0 Å². The normalized spacial score (nSPS) is 10.3. The monoisotopic (exact) mass is 339 g/mol. The van der Waals surface area contributed by atoms with Crippen LogP contribution >= 0.6 is 0 Å². The molecule has 6 nitrogen and oxygen atoms in total. The van der Waals surface area contributed by atoms with Crippen molar-refractivity contribution in [3.63, 3.8) is 0 Å². The maximum atomic E-state index is 13.6. The molecular formula is C18H14FN3O3. The molecule has 25 heavy (non-hydrogen) atoms. The minimum atomic E-state index is -0.331. The highest BCUT2D eigenvalue weighted by molar-refractivity contribution is 5.55. The van der Waals surface area contributed by atoms with Crippen LogP contribution in [-0.2, 0) is 6.61 Å². The first-order valence-corrected chi connectivity index (χ1v) is 7.40. The van der Waals surface area contributed by atoms with E-state index >= 15 is 0 Å². The van der Waals surface area contributed by atoms with Crippen molar-refractivity contribution in [3.05, 3.63) is 59.2 Å². The SMILES string of the molecule is COc1cc(C#N)ccc1OCc1nc(-c2ccc(C)c(F)c2)no1. The van der Waals surface area contributed by atoms with Crippen molar-refractivity contribution in [1.82, 2.24) is 10.1 Å². The van der Waals surface area contributed by atoms with Gasteiger partial charge in [-0.3, -0.25) is 0 Å². The highest BCUT2D eigenvalue weighted by Gasteiger charge is 2.12. The van der Waals surface area contributed by atoms with Gasteiger partial charge in [0.05, 0.1) is 18.7 Å². The van der Waals surface area contributed by atoms with Crippen LogP contribution in [0.3, 0.4) is 0 Å². The van der Waals surface area contributed by atoms with Gasteiger partial charge in [0, 0.05) is 11.6 Å². The summed E-state index contributed by atoms with van der Waals surface area (Å²) in [5.41, 5.74) is 1.53. The van der Waals surface area contributed by atoms with E-state index in [4.69, 9.17) is 19.3 Å². The quantitative estimate of drug-likeness (QED) is 0.706. The summed E-state index contributed by atoms with van der Waals surface area (Å²) in [5, 5.41) is 12.7. The Labute approximate surface area is 143 Å². The second kappa shape index (κ2) is 7.01. The first kappa shape index (κ1) is 16.5. The molecule has 0 aliphatic rings. The predicted molar refractivity (Wildman–Crippen MR) is 86.5 cm³/mol. The summed E-state index contributed by atoms with van der Waals surface area (Å²) in [6.45, 7) is 1.70. The Morgan fingerprint density at radius 2 is 2.04 bits per heavy atom. The van der Waals surface area contributed by atoms with Gasteiger partial charge < -0.3 is 14.0 Å². The van der Waals surface area contributed by atoms with E-state index in [2.05, 4.69) is 10.1 Å². The van der Waals surface area contributed by atoms with Gasteiger partial charge in [0.15, 0.2) is 18.1 Å². The number of hydrogen-bond donors (Lipinski definition) is 0. The molecule has 0 aliphatic heterocycles. The number of methoxy groups -OCH3 is 1. The van der Waals surface area contributed by atoms with Crippen LogP contribution in [0.5, 0.6) is 11.5 Å². The van der Waals surface area contributed by atoms with Crippen LogP contribution in [0.2, 0.25) is 0 Å². The van der Waals surface area contributed by atoms with E-state index in [0.717, 1.165) is 0 Å². The number of nitrogens with zero attached hydrogens (tertiary/aromatic N) is 3. The molecule has 0 N–H and O–H groups in total. The average Bonchev–Trinajstić information content (AvgIpc) is 3.11. The molecule has 0 saturated heterocycles. The fourth-order valence-corrected chi connectivity index (χ4v) is 2.16. The number of aromatic nitrogens is 2. The van der Waals surface area contributed by atoms with Crippen molar-refractivity contribution in [3.8, 4) is 29.0 Å². The topological polar surface area (TPSA) is 81.2 Å². The van der Waals surface area contributed by atoms with Gasteiger partial charge in [-0.1, -0.05) is 17.3 Å². The standard InChI is InChI=1S/C18H14FN3O3/c1-11-3-5-13(8-14(11)19)18-21-17(25-22-18)10-24-15-6-4-12(9-20)7-16(15)23-2/h3-8H,10H2,1-2H3. The van der Waals surface area contributed by atoms with Crippen molar-refractivity contribution in [1.29, 1.82) is 5.26 Å². The predicted octanol–water partition coefficient (Wildman–Crippen LogP) is 3.64. The minimum Gasteiger partial charge on any atom is -0.493 e. The molecule has 7 heteroatoms. The molecule has 126 valence electrons. The zero-order chi connectivity index (χ0) is 17.8. The maximum Gasteiger partial charge on any atom is 0.264 e. The lowest BCUT2D eigenvalue weighted by Gasteiger charge is -2.08. The lowest BCUT2D eigenvalue weighted by atomic mass is 10.1. The molecule has 0 amide bonds. The van der Waals surface area contributed by atoms with Gasteiger partial charge in [-0.2, -0.15) is 10.2 Å². The largest absolute Gasteiger partial charge is 0.493 e. The molecule has 0 fully saturated rings. The highest BCUT2D eigenvalue weighted by Crippen LogP contribution is 2.28. The number of benzene rings is 2. The fraction of sp³-hybridized carbons (Fsp3) is 0.167. The van der Waals surface area contributed by atoms with Gasteiger partial charge >= 0.3 is 0 Å². The van der Waals surface area contributed by atoms with Crippen LogP contribution < -0.4 is 9.47 Å². The average molecular weight is 339 g/mol. The lowest BCUT2D eigenvalue weighted by molar-refractivity contribution is 0.233. The number of hydrogen-bond acceptors (Lipinski definition) is 6. The van der Waals surface area contributed by atoms with Crippen molar-refractivity contribution in [2.45, 2.75) is 13.5 Å². The van der Waals surface area contributed by atoms with Crippen molar-refractivity contribution >= 4 is 0 Å². The number of halogens is 1. The van der Waals surface area contributed by atoms with Crippen LogP contribution in [0.1, 0.15) is 17.0 Å². The second-order valence-corrected chi connectivity index (χ2v) is 5.24. The molecular weight excluding hydrogens is 325 g/mol. The molecule has 3 aromatic rings. The van der Waals surface area contributed by atoms with Gasteiger partial charge in [-0.05, 0) is 30.7 Å². The van der Waals surface area contributed by atoms with Gasteiger partial charge in [0.1, 0.15) is 5.82 Å². The maximum absolute atomic E-state index is 13.6. The third kappa shape index (κ3) is 3.58. The van der Waals surface area contributed by atoms with E-state index in [1.54, 1.807) is 37.3 Å². The summed E-state index contributed by atoms with van der Waals surface area (Å²) in [4.78, 5) is 4.19. The van der Waals surface area contributed by atoms with Crippen molar-refractivity contribution < 1.29 is 18.4 Å². The van der Waals surface area contributed by atoms with Gasteiger partial charge in [0.2, 0.25) is 5.82 Å². The van der Waals surface area contributed by atoms with Crippen LogP contribution in [0.15, 0.2) is 40.9 Å². The Morgan fingerprint density at radius 1 is 1.20 bits per heavy atom. The van der Waals surface area contributed by atoms with Crippen molar-refractivity contribution in [2.75, 3.05) is 7.11 Å². The summed E-state index contributed by atoms with van der Waals surface area (Å²) in [6, 6.07) is 11.6. The number of nitriles is 1. The molecule has 0 bridgehead atoms. The summed E-state index contributed by atoms with van der Waals surface area (Å²) in [6.07, 6.45) is 0. The van der Waals surface area contributed by atoms with Gasteiger partial charge in [0.25, 0.3) is 5.89 Å². The Bertz CT molecular complexity index is 947. The zero-order valence-electron chi connectivity index (χ0n) is 13.6. The van der Waals surface area contributed by atoms with Crippen LogP contribution in [-0.4, -0.2) is 17.3 Å². The molecule has 0 unspecified atom stereocenters. The molecule has 3 rings (SSSR count). The Kier molecular flexibility index (Phi) is 4.61. The van der Waals surface area contributed by atoms with E-state index in [1.807, 2.05) is 6.07 Å². The second-order valence-electron chi connectivity index (χ2n) is 5.24. The first-order valence-electron chi connectivity index (χ1n) is 7.40. The Hall–Kier alpha value is -3.40. The third-order valence-electron chi connectivity index (χ3n) is 3.54. The molecule has 2 aromatic carbocycles. The van der Waals surface area contributed by atoms with Gasteiger partial charge in [-0.15, -0.1) is 0 Å². The number of rotatable bonds is 5. The number of aryl methyl sites for hydroxylation is 1. The Balaban J connectivity index is 1.74. The summed E-state index contributed by atoms with van der Waals surface area (Å²) >= 11 is 0. The Morgan fingerprint density at radius 3 is 2.76 bits per heavy atom. The smallest absolute Gasteiger partial charge is 0.264 e. The van der Waals surface area contributed by atoms with Crippen LogP contribution in [0, 0.1) is 24.1 Å². The first-order chi connectivity index (χ1) is 12.1. The summed E-state index contributed by atoms with van der Waals surface area (Å²) < 4.78 is 29.6. The van der Waals surface area contributed by atoms with Crippen LogP contribution in [0.25, 0.3) is 11.4 Å². The molecule has 1 heterocycles. The molecule has 0 spiro atoms. The zero-order valence-corrected chi connectivity index (χ0v) is 13.6. The number of ether oxygens (including phenoxy) is 2. The highest BCUT2D eigenvalue weighted by atomic mass is 19.1. The third-order valence-corrected chi connectivity index (χ3v) is 3.54. The van der Waals surface area contributed by atoms with Crippen molar-refractivity contribution in [2.24, 2.45) is 0 Å². The lowest BCUT2D eigenvalue weighted by Crippen LogP contribution is -1.98. The molecule has 0 saturated carbocycles. The summed E-state index contributed by atoms with van der Waals surface area (Å²) in [5.74, 6) is 1.07. The van der Waals surface area contributed by atoms with E-state index in [-0.39, 0.29) is 24.1 Å². The molecule has 0 aliphatic carbocycles. The summed E-state index contributed by atoms with van der Waals surface area (Å²) in [7, 11) is 1.49. The molecule has 0 radical (unpaired) electrons.